The minimum atomic E-state index is -0.854. The summed E-state index contributed by atoms with van der Waals surface area (Å²) in [5.41, 5.74) is 2.55. The van der Waals surface area contributed by atoms with Gasteiger partial charge in [0.15, 0.2) is 12.2 Å². The quantitative estimate of drug-likeness (QED) is 0.437. The topological polar surface area (TPSA) is 126 Å². The van der Waals surface area contributed by atoms with E-state index in [0.717, 1.165) is 10.9 Å². The predicted octanol–water partition coefficient (Wildman–Crippen LogP) is 3.08. The Balaban J connectivity index is 1.49. The van der Waals surface area contributed by atoms with Gasteiger partial charge in [-0.05, 0) is 36.8 Å². The summed E-state index contributed by atoms with van der Waals surface area (Å²) in [5.74, 6) is -0.749. The number of aryl methyl sites for hydroxylation is 1. The van der Waals surface area contributed by atoms with Crippen LogP contribution in [0.15, 0.2) is 64.3 Å². The zero-order chi connectivity index (χ0) is 22.0. The van der Waals surface area contributed by atoms with Gasteiger partial charge in [-0.3, -0.25) is 14.4 Å². The van der Waals surface area contributed by atoms with Crippen molar-refractivity contribution in [3.05, 3.63) is 71.0 Å². The maximum atomic E-state index is 12.4. The summed E-state index contributed by atoms with van der Waals surface area (Å²) >= 11 is 0. The number of ether oxygens (including phenoxy) is 1. The van der Waals surface area contributed by atoms with Crippen LogP contribution < -0.4 is 20.9 Å². The summed E-state index contributed by atoms with van der Waals surface area (Å²) in [6.45, 7) is 1.82. The van der Waals surface area contributed by atoms with Crippen LogP contribution in [0.5, 0.6) is 5.75 Å². The lowest BCUT2D eigenvalue weighted by atomic mass is 10.1. The summed E-state index contributed by atoms with van der Waals surface area (Å²) in [4.78, 5) is 43.0. The number of fused-ring (bicyclic) bond motifs is 1. The first-order valence-corrected chi connectivity index (χ1v) is 9.27. The highest BCUT2D eigenvalue weighted by molar-refractivity contribution is 6.43. The van der Waals surface area contributed by atoms with Gasteiger partial charge < -0.3 is 24.8 Å². The number of carbonyl (C=O) groups is 2. The number of hydrogen-bond donors (Lipinski definition) is 3. The minimum absolute atomic E-state index is 0.242. The van der Waals surface area contributed by atoms with Crippen molar-refractivity contribution in [2.75, 3.05) is 17.7 Å². The zero-order valence-corrected chi connectivity index (χ0v) is 16.7. The smallest absolute Gasteiger partial charge is 0.314 e. The number of nitrogens with one attached hydrogen (secondary N) is 3. The lowest BCUT2D eigenvalue weighted by Gasteiger charge is -2.11. The Hall–Kier alpha value is -4.40. The van der Waals surface area contributed by atoms with E-state index >= 15 is 0 Å². The molecule has 156 valence electrons. The third kappa shape index (κ3) is 4.15. The van der Waals surface area contributed by atoms with E-state index in [9.17, 15) is 14.4 Å². The zero-order valence-electron chi connectivity index (χ0n) is 16.7. The molecule has 0 aliphatic heterocycles. The van der Waals surface area contributed by atoms with E-state index in [1.165, 1.54) is 19.6 Å². The lowest BCUT2D eigenvalue weighted by molar-refractivity contribution is -0.132. The summed E-state index contributed by atoms with van der Waals surface area (Å²) in [6.07, 6.45) is 2.85. The number of anilines is 2. The normalized spacial score (nSPS) is 10.6. The van der Waals surface area contributed by atoms with E-state index < -0.39 is 11.8 Å². The fourth-order valence-electron chi connectivity index (χ4n) is 3.21. The molecule has 2 amide bonds. The van der Waals surface area contributed by atoms with Gasteiger partial charge >= 0.3 is 11.8 Å². The Bertz CT molecular complexity index is 1340. The second kappa shape index (κ2) is 8.15. The largest absolute Gasteiger partial charge is 0.496 e. The van der Waals surface area contributed by atoms with Crippen LogP contribution in [-0.2, 0) is 9.59 Å². The summed E-state index contributed by atoms with van der Waals surface area (Å²) in [7, 11) is 1.49. The van der Waals surface area contributed by atoms with Crippen LogP contribution in [0.3, 0.4) is 0 Å². The Morgan fingerprint density at radius 1 is 1.03 bits per heavy atom. The van der Waals surface area contributed by atoms with Crippen LogP contribution in [0.2, 0.25) is 0 Å². The monoisotopic (exact) mass is 418 g/mol. The predicted molar refractivity (Wildman–Crippen MR) is 115 cm³/mol. The van der Waals surface area contributed by atoms with Gasteiger partial charge in [0.2, 0.25) is 5.56 Å². The first-order chi connectivity index (χ1) is 14.9. The molecule has 0 saturated heterocycles. The molecule has 0 radical (unpaired) electrons. The molecule has 0 saturated carbocycles. The van der Waals surface area contributed by atoms with Gasteiger partial charge in [0.1, 0.15) is 5.75 Å². The number of benzene rings is 2. The van der Waals surface area contributed by atoms with Crippen LogP contribution in [-0.4, -0.2) is 28.9 Å². The minimum Gasteiger partial charge on any atom is -0.496 e. The van der Waals surface area contributed by atoms with Crippen molar-refractivity contribution in [3.63, 3.8) is 0 Å². The number of hydrogen-bond acceptors (Lipinski definition) is 6. The van der Waals surface area contributed by atoms with Crippen LogP contribution in [0, 0.1) is 6.92 Å². The number of pyridine rings is 1. The Morgan fingerprint density at radius 3 is 2.42 bits per heavy atom. The molecule has 31 heavy (non-hydrogen) atoms. The van der Waals surface area contributed by atoms with Gasteiger partial charge in [0.25, 0.3) is 0 Å². The average Bonchev–Trinajstić information content (AvgIpc) is 3.27. The van der Waals surface area contributed by atoms with Crippen LogP contribution in [0.25, 0.3) is 22.2 Å². The van der Waals surface area contributed by atoms with E-state index in [4.69, 9.17) is 9.15 Å². The van der Waals surface area contributed by atoms with Crippen molar-refractivity contribution in [2.24, 2.45) is 0 Å². The van der Waals surface area contributed by atoms with E-state index in [1.54, 1.807) is 42.6 Å². The summed E-state index contributed by atoms with van der Waals surface area (Å²) < 4.78 is 10.6. The Kier molecular flexibility index (Phi) is 5.23. The van der Waals surface area contributed by atoms with Crippen molar-refractivity contribution in [3.8, 4) is 17.1 Å². The Morgan fingerprint density at radius 2 is 1.74 bits per heavy atom. The first kappa shape index (κ1) is 19.9. The fraction of sp³-hybridized carbons (Fsp3) is 0.0909. The average molecular weight is 418 g/mol. The highest BCUT2D eigenvalue weighted by Gasteiger charge is 2.16. The molecule has 2 heterocycles. The number of aromatic nitrogens is 2. The van der Waals surface area contributed by atoms with Crippen molar-refractivity contribution in [2.45, 2.75) is 6.92 Å². The van der Waals surface area contributed by atoms with E-state index in [1.807, 2.05) is 6.92 Å². The molecular weight excluding hydrogens is 400 g/mol. The van der Waals surface area contributed by atoms with Gasteiger partial charge in [-0.1, -0.05) is 6.07 Å². The van der Waals surface area contributed by atoms with Gasteiger partial charge in [-0.25, -0.2) is 4.98 Å². The van der Waals surface area contributed by atoms with E-state index in [0.29, 0.717) is 34.0 Å². The Labute approximate surface area is 176 Å². The lowest BCUT2D eigenvalue weighted by Crippen LogP contribution is -2.29. The van der Waals surface area contributed by atoms with Crippen molar-refractivity contribution in [1.29, 1.82) is 0 Å². The molecule has 0 aliphatic rings. The number of aromatic amines is 1. The second-order valence-corrected chi connectivity index (χ2v) is 6.77. The third-order valence-corrected chi connectivity index (χ3v) is 4.67. The van der Waals surface area contributed by atoms with Crippen LogP contribution in [0.4, 0.5) is 11.4 Å². The number of rotatable bonds is 4. The number of methoxy groups -OCH3 is 1. The van der Waals surface area contributed by atoms with Gasteiger partial charge in [0.05, 0.1) is 24.4 Å². The SMILES string of the molecule is COc1cc(NC(=O)C(=O)Nc2ccc3c(C)cc(=O)[nH]c3c2)ccc1-c1cnco1. The molecule has 0 atom stereocenters. The standard InChI is InChI=1S/C22H18N4O5/c1-12-7-20(27)26-17-8-13(3-5-15(12)17)24-21(28)22(29)25-14-4-6-16(18(9-14)30-2)19-10-23-11-31-19/h3-11H,1-2H3,(H,24,28)(H,25,29)(H,26,27). The fourth-order valence-corrected chi connectivity index (χ4v) is 3.21. The number of oxazole rings is 1. The number of carbonyl (C=O) groups excluding carboxylic acids is 2. The molecule has 0 unspecified atom stereocenters. The molecule has 0 aliphatic carbocycles. The van der Waals surface area contributed by atoms with Gasteiger partial charge in [-0.2, -0.15) is 0 Å². The molecule has 3 N–H and O–H groups in total. The molecule has 0 fully saturated rings. The molecular formula is C22H18N4O5. The molecule has 9 heteroatoms. The molecule has 0 spiro atoms. The van der Waals surface area contributed by atoms with Gasteiger partial charge in [-0.15, -0.1) is 0 Å². The van der Waals surface area contributed by atoms with Crippen LogP contribution in [0.1, 0.15) is 5.56 Å². The van der Waals surface area contributed by atoms with E-state index in [-0.39, 0.29) is 5.56 Å². The van der Waals surface area contributed by atoms with Crippen molar-refractivity contribution >= 4 is 34.1 Å². The maximum absolute atomic E-state index is 12.4. The third-order valence-electron chi connectivity index (χ3n) is 4.67. The molecule has 9 nitrogen and oxygen atoms in total. The van der Waals surface area contributed by atoms with Crippen molar-refractivity contribution in [1.82, 2.24) is 9.97 Å². The molecule has 2 aromatic heterocycles. The summed E-state index contributed by atoms with van der Waals surface area (Å²) in [6, 6.07) is 11.4. The molecule has 4 rings (SSSR count). The van der Waals surface area contributed by atoms with Gasteiger partial charge in [0, 0.05) is 28.9 Å². The second-order valence-electron chi connectivity index (χ2n) is 6.77. The number of H-pyrrole nitrogens is 1. The van der Waals surface area contributed by atoms with Crippen molar-refractivity contribution < 1.29 is 18.7 Å². The highest BCUT2D eigenvalue weighted by atomic mass is 16.5. The molecule has 2 aromatic carbocycles. The first-order valence-electron chi connectivity index (χ1n) is 9.27. The maximum Gasteiger partial charge on any atom is 0.314 e. The number of amides is 2. The van der Waals surface area contributed by atoms with E-state index in [2.05, 4.69) is 20.6 Å². The van der Waals surface area contributed by atoms with Crippen LogP contribution >= 0.6 is 0 Å². The number of nitrogens with zero attached hydrogens (tertiary/aromatic N) is 1. The highest BCUT2D eigenvalue weighted by Crippen LogP contribution is 2.32. The molecule has 4 aromatic rings. The summed E-state index contributed by atoms with van der Waals surface area (Å²) in [5, 5.41) is 5.91. The molecule has 0 bridgehead atoms.